The highest BCUT2D eigenvalue weighted by atomic mass is 16.4. The van der Waals surface area contributed by atoms with Crippen molar-refractivity contribution in [2.45, 2.75) is 32.6 Å². The fourth-order valence-corrected chi connectivity index (χ4v) is 1.32. The summed E-state index contributed by atoms with van der Waals surface area (Å²) in [5.74, 6) is -0.961. The number of hydrogen-bond acceptors (Lipinski definition) is 3. The smallest absolute Gasteiger partial charge is 0.309 e. The van der Waals surface area contributed by atoms with Gasteiger partial charge in [-0.15, -0.1) is 0 Å². The number of carbonyl (C=O) groups excluding carboxylic acids is 1. The van der Waals surface area contributed by atoms with Gasteiger partial charge in [-0.05, 0) is 18.6 Å². The van der Waals surface area contributed by atoms with Crippen LogP contribution < -0.4 is 5.32 Å². The first kappa shape index (κ1) is 13.2. The van der Waals surface area contributed by atoms with E-state index in [9.17, 15) is 9.59 Å². The van der Waals surface area contributed by atoms with Crippen LogP contribution in [0, 0.1) is 0 Å². The van der Waals surface area contributed by atoms with Gasteiger partial charge in [0.05, 0.1) is 24.0 Å². The summed E-state index contributed by atoms with van der Waals surface area (Å²) in [5.41, 5.74) is 1.07. The second-order valence-corrected chi connectivity index (χ2v) is 3.76. The van der Waals surface area contributed by atoms with Crippen molar-refractivity contribution in [2.75, 3.05) is 5.32 Å². The molecule has 0 atom stereocenters. The summed E-state index contributed by atoms with van der Waals surface area (Å²) in [7, 11) is 0. The Morgan fingerprint density at radius 2 is 2.18 bits per heavy atom. The Kier molecular flexibility index (Phi) is 5.13. The van der Waals surface area contributed by atoms with Crippen molar-refractivity contribution in [1.29, 1.82) is 0 Å². The van der Waals surface area contributed by atoms with E-state index in [1.54, 1.807) is 12.1 Å². The fourth-order valence-electron chi connectivity index (χ4n) is 1.32. The normalized spacial score (nSPS) is 9.94. The van der Waals surface area contributed by atoms with E-state index in [4.69, 9.17) is 5.11 Å². The summed E-state index contributed by atoms with van der Waals surface area (Å²) in [5, 5.41) is 11.3. The molecular formula is C12H16N2O3. The van der Waals surface area contributed by atoms with Crippen LogP contribution in [0.4, 0.5) is 5.69 Å². The van der Waals surface area contributed by atoms with Gasteiger partial charge in [0.15, 0.2) is 0 Å². The van der Waals surface area contributed by atoms with Gasteiger partial charge in [0.1, 0.15) is 0 Å². The molecule has 1 aromatic rings. The topological polar surface area (TPSA) is 79.3 Å². The van der Waals surface area contributed by atoms with Gasteiger partial charge < -0.3 is 10.4 Å². The lowest BCUT2D eigenvalue weighted by molar-refractivity contribution is -0.136. The number of nitrogens with one attached hydrogen (secondary N) is 1. The third kappa shape index (κ3) is 5.10. The number of amides is 1. The molecule has 0 bridgehead atoms. The summed E-state index contributed by atoms with van der Waals surface area (Å²) in [4.78, 5) is 25.8. The predicted octanol–water partition coefficient (Wildman–Crippen LogP) is 1.84. The molecule has 0 aliphatic rings. The summed E-state index contributed by atoms with van der Waals surface area (Å²) in [6.07, 6.45) is 3.69. The fraction of sp³-hybridized carbons (Fsp3) is 0.417. The molecule has 0 unspecified atom stereocenters. The van der Waals surface area contributed by atoms with E-state index in [1.165, 1.54) is 6.20 Å². The van der Waals surface area contributed by atoms with Crippen molar-refractivity contribution >= 4 is 17.6 Å². The van der Waals surface area contributed by atoms with Crippen molar-refractivity contribution in [2.24, 2.45) is 0 Å². The molecule has 5 heteroatoms. The standard InChI is InChI=1S/C12H16N2O3/c1-2-3-4-11(15)14-10-6-5-9(13-8-10)7-12(16)17/h5-6,8H,2-4,7H2,1H3,(H,14,15)(H,16,17). The van der Waals surface area contributed by atoms with Gasteiger partial charge in [0.25, 0.3) is 0 Å². The SMILES string of the molecule is CCCCC(=O)Nc1ccc(CC(=O)O)nc1. The molecule has 17 heavy (non-hydrogen) atoms. The number of pyridine rings is 1. The molecule has 5 nitrogen and oxygen atoms in total. The van der Waals surface area contributed by atoms with Crippen LogP contribution in [0.3, 0.4) is 0 Å². The Labute approximate surface area is 99.9 Å². The average molecular weight is 236 g/mol. The van der Waals surface area contributed by atoms with Crippen molar-refractivity contribution in [3.05, 3.63) is 24.0 Å². The molecule has 0 aliphatic carbocycles. The highest BCUT2D eigenvalue weighted by molar-refractivity contribution is 5.90. The van der Waals surface area contributed by atoms with Crippen LogP contribution in [-0.2, 0) is 16.0 Å². The third-order valence-corrected chi connectivity index (χ3v) is 2.20. The highest BCUT2D eigenvalue weighted by Crippen LogP contribution is 2.08. The van der Waals surface area contributed by atoms with Gasteiger partial charge >= 0.3 is 5.97 Å². The lowest BCUT2D eigenvalue weighted by Gasteiger charge is -2.04. The minimum atomic E-state index is -0.919. The zero-order chi connectivity index (χ0) is 12.7. The molecule has 92 valence electrons. The molecule has 0 saturated carbocycles. The second kappa shape index (κ2) is 6.62. The largest absolute Gasteiger partial charge is 0.481 e. The van der Waals surface area contributed by atoms with Crippen molar-refractivity contribution in [3.63, 3.8) is 0 Å². The minimum Gasteiger partial charge on any atom is -0.481 e. The van der Waals surface area contributed by atoms with E-state index < -0.39 is 5.97 Å². The van der Waals surface area contributed by atoms with Crippen LogP contribution in [0.1, 0.15) is 31.9 Å². The molecular weight excluding hydrogens is 220 g/mol. The lowest BCUT2D eigenvalue weighted by Crippen LogP contribution is -2.11. The number of carboxylic acids is 1. The van der Waals surface area contributed by atoms with Gasteiger partial charge in [-0.3, -0.25) is 14.6 Å². The molecule has 0 aliphatic heterocycles. The van der Waals surface area contributed by atoms with Gasteiger partial charge in [0, 0.05) is 6.42 Å². The Morgan fingerprint density at radius 1 is 1.41 bits per heavy atom. The molecule has 1 heterocycles. The maximum atomic E-state index is 11.4. The van der Waals surface area contributed by atoms with Crippen LogP contribution in [-0.4, -0.2) is 22.0 Å². The number of rotatable bonds is 6. The summed E-state index contributed by atoms with van der Waals surface area (Å²) >= 11 is 0. The first-order chi connectivity index (χ1) is 8.11. The van der Waals surface area contributed by atoms with E-state index in [-0.39, 0.29) is 12.3 Å². The first-order valence-electron chi connectivity index (χ1n) is 5.58. The van der Waals surface area contributed by atoms with Crippen LogP contribution in [0.2, 0.25) is 0 Å². The van der Waals surface area contributed by atoms with E-state index in [0.29, 0.717) is 17.8 Å². The molecule has 0 aromatic carbocycles. The molecule has 0 radical (unpaired) electrons. The Bertz CT molecular complexity index is 387. The zero-order valence-corrected chi connectivity index (χ0v) is 9.77. The number of unbranched alkanes of at least 4 members (excludes halogenated alkanes) is 1. The monoisotopic (exact) mass is 236 g/mol. The predicted molar refractivity (Wildman–Crippen MR) is 63.7 cm³/mol. The molecule has 1 rings (SSSR count). The number of aromatic nitrogens is 1. The number of anilines is 1. The van der Waals surface area contributed by atoms with E-state index in [0.717, 1.165) is 12.8 Å². The van der Waals surface area contributed by atoms with E-state index in [1.807, 2.05) is 6.92 Å². The molecule has 0 fully saturated rings. The van der Waals surface area contributed by atoms with E-state index >= 15 is 0 Å². The van der Waals surface area contributed by atoms with Crippen molar-refractivity contribution in [1.82, 2.24) is 4.98 Å². The highest BCUT2D eigenvalue weighted by Gasteiger charge is 2.04. The number of aliphatic carboxylic acids is 1. The Hall–Kier alpha value is -1.91. The first-order valence-corrected chi connectivity index (χ1v) is 5.58. The minimum absolute atomic E-state index is 0.0420. The average Bonchev–Trinajstić information content (AvgIpc) is 2.28. The molecule has 0 saturated heterocycles. The Balaban J connectivity index is 2.50. The quantitative estimate of drug-likeness (QED) is 0.789. The van der Waals surface area contributed by atoms with Gasteiger partial charge in [-0.2, -0.15) is 0 Å². The van der Waals surface area contributed by atoms with Gasteiger partial charge in [-0.1, -0.05) is 13.3 Å². The number of carbonyl (C=O) groups is 2. The van der Waals surface area contributed by atoms with Crippen molar-refractivity contribution in [3.8, 4) is 0 Å². The summed E-state index contributed by atoms with van der Waals surface area (Å²) in [6.45, 7) is 2.02. The molecule has 2 N–H and O–H groups in total. The number of carboxylic acid groups (broad SMARTS) is 1. The van der Waals surface area contributed by atoms with Gasteiger partial charge in [0.2, 0.25) is 5.91 Å². The molecule has 1 aromatic heterocycles. The maximum absolute atomic E-state index is 11.4. The van der Waals surface area contributed by atoms with Gasteiger partial charge in [-0.25, -0.2) is 0 Å². The number of nitrogens with zero attached hydrogens (tertiary/aromatic N) is 1. The third-order valence-electron chi connectivity index (χ3n) is 2.20. The van der Waals surface area contributed by atoms with Crippen LogP contribution in [0.5, 0.6) is 0 Å². The van der Waals surface area contributed by atoms with Crippen LogP contribution in [0.15, 0.2) is 18.3 Å². The Morgan fingerprint density at radius 3 is 2.71 bits per heavy atom. The van der Waals surface area contributed by atoms with Crippen LogP contribution >= 0.6 is 0 Å². The molecule has 0 spiro atoms. The number of hydrogen-bond donors (Lipinski definition) is 2. The second-order valence-electron chi connectivity index (χ2n) is 3.76. The van der Waals surface area contributed by atoms with Crippen LogP contribution in [0.25, 0.3) is 0 Å². The lowest BCUT2D eigenvalue weighted by atomic mass is 10.2. The maximum Gasteiger partial charge on any atom is 0.309 e. The molecule has 1 amide bonds. The summed E-state index contributed by atoms with van der Waals surface area (Å²) < 4.78 is 0. The summed E-state index contributed by atoms with van der Waals surface area (Å²) in [6, 6.07) is 3.26. The zero-order valence-electron chi connectivity index (χ0n) is 9.77. The van der Waals surface area contributed by atoms with Crippen molar-refractivity contribution < 1.29 is 14.7 Å². The van der Waals surface area contributed by atoms with E-state index in [2.05, 4.69) is 10.3 Å².